The van der Waals surface area contributed by atoms with Crippen LogP contribution in [0.25, 0.3) is 10.9 Å². The molecule has 0 atom stereocenters. The molecule has 1 saturated heterocycles. The van der Waals surface area contributed by atoms with Crippen molar-refractivity contribution in [3.8, 4) is 0 Å². The zero-order valence-electron chi connectivity index (χ0n) is 15.2. The second-order valence-electron chi connectivity index (χ2n) is 6.75. The molecule has 0 saturated carbocycles. The molecule has 1 fully saturated rings. The van der Waals surface area contributed by atoms with Crippen molar-refractivity contribution in [2.75, 3.05) is 24.6 Å². The van der Waals surface area contributed by atoms with Gasteiger partial charge in [0.2, 0.25) is 0 Å². The number of Topliss-reactive ketones (excluding diaryl/α,β-unsaturated/α-hetero) is 1. The summed E-state index contributed by atoms with van der Waals surface area (Å²) in [7, 11) is 0. The Morgan fingerprint density at radius 1 is 1.04 bits per heavy atom. The van der Waals surface area contributed by atoms with Crippen LogP contribution in [0.4, 0.5) is 10.2 Å². The van der Waals surface area contributed by atoms with Gasteiger partial charge in [-0.25, -0.2) is 14.2 Å². The minimum absolute atomic E-state index is 0.297. The molecular formula is C22H19FN2O3. The van der Waals surface area contributed by atoms with Gasteiger partial charge in [-0.15, -0.1) is 0 Å². The third-order valence-corrected chi connectivity index (χ3v) is 4.83. The van der Waals surface area contributed by atoms with Crippen LogP contribution in [0.5, 0.6) is 0 Å². The van der Waals surface area contributed by atoms with E-state index < -0.39 is 18.4 Å². The van der Waals surface area contributed by atoms with Crippen molar-refractivity contribution in [1.82, 2.24) is 4.98 Å². The summed E-state index contributed by atoms with van der Waals surface area (Å²) >= 11 is 0. The van der Waals surface area contributed by atoms with E-state index in [1.807, 2.05) is 24.3 Å². The molecule has 6 heteroatoms. The number of esters is 1. The first-order valence-electron chi connectivity index (χ1n) is 9.22. The Kier molecular flexibility index (Phi) is 5.02. The molecule has 1 aliphatic rings. The number of nitrogens with zero attached hydrogens (tertiary/aromatic N) is 2. The topological polar surface area (TPSA) is 59.5 Å². The van der Waals surface area contributed by atoms with Crippen LogP contribution >= 0.6 is 0 Å². The van der Waals surface area contributed by atoms with E-state index in [0.717, 1.165) is 36.8 Å². The second-order valence-corrected chi connectivity index (χ2v) is 6.75. The largest absolute Gasteiger partial charge is 0.454 e. The fourth-order valence-electron chi connectivity index (χ4n) is 3.35. The average Bonchev–Trinajstić information content (AvgIpc) is 3.26. The number of hydrogen-bond donors (Lipinski definition) is 0. The standard InChI is InChI=1S/C22H19FN2O3/c23-17-9-7-15(8-10-17)20(26)14-28-22(27)18-13-16-5-1-2-6-19(16)24-21(18)25-11-3-4-12-25/h1-2,5-10,13H,3-4,11-12,14H2. The van der Waals surface area contributed by atoms with Gasteiger partial charge >= 0.3 is 5.97 Å². The van der Waals surface area contributed by atoms with Gasteiger partial charge < -0.3 is 9.64 Å². The van der Waals surface area contributed by atoms with E-state index in [9.17, 15) is 14.0 Å². The summed E-state index contributed by atoms with van der Waals surface area (Å²) in [5.74, 6) is -0.804. The van der Waals surface area contributed by atoms with Gasteiger partial charge in [0.1, 0.15) is 17.2 Å². The molecule has 0 bridgehead atoms. The molecule has 2 heterocycles. The van der Waals surface area contributed by atoms with Crippen molar-refractivity contribution in [2.24, 2.45) is 0 Å². The van der Waals surface area contributed by atoms with Gasteiger partial charge in [-0.05, 0) is 49.2 Å². The number of halogens is 1. The predicted molar refractivity (Wildman–Crippen MR) is 104 cm³/mol. The number of rotatable bonds is 5. The number of carbonyl (C=O) groups is 2. The van der Waals surface area contributed by atoms with Crippen LogP contribution in [-0.4, -0.2) is 36.4 Å². The van der Waals surface area contributed by atoms with Gasteiger partial charge in [0.25, 0.3) is 0 Å². The monoisotopic (exact) mass is 378 g/mol. The lowest BCUT2D eigenvalue weighted by atomic mass is 10.1. The highest BCUT2D eigenvalue weighted by Gasteiger charge is 2.23. The smallest absolute Gasteiger partial charge is 0.342 e. The lowest BCUT2D eigenvalue weighted by Gasteiger charge is -2.20. The van der Waals surface area contributed by atoms with Crippen LogP contribution in [0.1, 0.15) is 33.6 Å². The maximum Gasteiger partial charge on any atom is 0.342 e. The van der Waals surface area contributed by atoms with E-state index in [1.54, 1.807) is 6.07 Å². The predicted octanol–water partition coefficient (Wildman–Crippen LogP) is 4.01. The first kappa shape index (κ1) is 18.1. The number of pyridine rings is 1. The number of ether oxygens (including phenoxy) is 1. The van der Waals surface area contributed by atoms with Crippen LogP contribution < -0.4 is 4.90 Å². The quantitative estimate of drug-likeness (QED) is 0.496. The van der Waals surface area contributed by atoms with Crippen molar-refractivity contribution in [2.45, 2.75) is 12.8 Å². The summed E-state index contributed by atoms with van der Waals surface area (Å²) in [6, 6.07) is 14.5. The molecule has 0 unspecified atom stereocenters. The van der Waals surface area contributed by atoms with Gasteiger partial charge in [-0.2, -0.15) is 0 Å². The Bertz CT molecular complexity index is 1030. The van der Waals surface area contributed by atoms with Crippen LogP contribution in [0.3, 0.4) is 0 Å². The van der Waals surface area contributed by atoms with Crippen molar-refractivity contribution in [1.29, 1.82) is 0 Å². The molecule has 28 heavy (non-hydrogen) atoms. The zero-order chi connectivity index (χ0) is 19.5. The van der Waals surface area contributed by atoms with E-state index >= 15 is 0 Å². The molecule has 0 N–H and O–H groups in total. The fraction of sp³-hybridized carbons (Fsp3) is 0.227. The highest BCUT2D eigenvalue weighted by molar-refractivity contribution is 6.02. The molecule has 142 valence electrons. The summed E-state index contributed by atoms with van der Waals surface area (Å²) in [6.07, 6.45) is 2.10. The number of para-hydroxylation sites is 1. The maximum atomic E-state index is 13.0. The highest BCUT2D eigenvalue weighted by Crippen LogP contribution is 2.27. The number of aromatic nitrogens is 1. The average molecular weight is 378 g/mol. The summed E-state index contributed by atoms with van der Waals surface area (Å²) in [5.41, 5.74) is 1.46. The molecule has 3 aromatic rings. The van der Waals surface area contributed by atoms with E-state index in [-0.39, 0.29) is 5.78 Å². The summed E-state index contributed by atoms with van der Waals surface area (Å²) in [6.45, 7) is 1.26. The molecule has 0 spiro atoms. The van der Waals surface area contributed by atoms with Gasteiger partial charge in [0.15, 0.2) is 12.4 Å². The molecule has 0 radical (unpaired) electrons. The molecule has 5 nitrogen and oxygen atoms in total. The van der Waals surface area contributed by atoms with Crippen molar-refractivity contribution in [3.05, 3.63) is 71.5 Å². The molecule has 0 amide bonds. The molecule has 4 rings (SSSR count). The molecule has 2 aromatic carbocycles. The van der Waals surface area contributed by atoms with Crippen molar-refractivity contribution in [3.63, 3.8) is 0 Å². The number of anilines is 1. The van der Waals surface area contributed by atoms with E-state index in [0.29, 0.717) is 16.9 Å². The Labute approximate surface area is 161 Å². The van der Waals surface area contributed by atoms with E-state index in [4.69, 9.17) is 4.74 Å². The molecular weight excluding hydrogens is 359 g/mol. The minimum atomic E-state index is -0.587. The number of carbonyl (C=O) groups excluding carboxylic acids is 2. The number of ketones is 1. The van der Waals surface area contributed by atoms with Crippen molar-refractivity contribution >= 4 is 28.5 Å². The second kappa shape index (κ2) is 7.76. The summed E-state index contributed by atoms with van der Waals surface area (Å²) in [5, 5.41) is 0.835. The normalized spacial score (nSPS) is 13.7. The Hall–Kier alpha value is -3.28. The highest BCUT2D eigenvalue weighted by atomic mass is 19.1. The van der Waals surface area contributed by atoms with E-state index in [2.05, 4.69) is 9.88 Å². The Balaban J connectivity index is 1.58. The summed E-state index contributed by atoms with van der Waals surface area (Å²) < 4.78 is 18.3. The van der Waals surface area contributed by atoms with Gasteiger partial charge in [0, 0.05) is 24.0 Å². The maximum absolute atomic E-state index is 13.0. The van der Waals surface area contributed by atoms with Crippen LogP contribution in [0, 0.1) is 5.82 Å². The number of benzene rings is 2. The third-order valence-electron chi connectivity index (χ3n) is 4.83. The first-order chi connectivity index (χ1) is 13.6. The first-order valence-corrected chi connectivity index (χ1v) is 9.22. The summed E-state index contributed by atoms with van der Waals surface area (Å²) in [4.78, 5) is 31.7. The van der Waals surface area contributed by atoms with Gasteiger partial charge in [-0.1, -0.05) is 18.2 Å². The van der Waals surface area contributed by atoms with Crippen molar-refractivity contribution < 1.29 is 18.7 Å². The van der Waals surface area contributed by atoms with Crippen LogP contribution in [0.15, 0.2) is 54.6 Å². The Morgan fingerprint density at radius 3 is 2.50 bits per heavy atom. The Morgan fingerprint density at radius 2 is 1.75 bits per heavy atom. The third kappa shape index (κ3) is 3.71. The molecule has 0 aliphatic carbocycles. The van der Waals surface area contributed by atoms with Gasteiger partial charge in [0.05, 0.1) is 5.52 Å². The molecule has 1 aliphatic heterocycles. The number of hydrogen-bond acceptors (Lipinski definition) is 5. The molecule has 1 aromatic heterocycles. The SMILES string of the molecule is O=C(COC(=O)c1cc2ccccc2nc1N1CCCC1)c1ccc(F)cc1. The fourth-order valence-corrected chi connectivity index (χ4v) is 3.35. The lowest BCUT2D eigenvalue weighted by molar-refractivity contribution is 0.0475. The number of fused-ring (bicyclic) bond motifs is 1. The zero-order valence-corrected chi connectivity index (χ0v) is 15.2. The minimum Gasteiger partial charge on any atom is -0.454 e. The van der Waals surface area contributed by atoms with Crippen LogP contribution in [-0.2, 0) is 4.74 Å². The lowest BCUT2D eigenvalue weighted by Crippen LogP contribution is -2.23. The van der Waals surface area contributed by atoms with Crippen LogP contribution in [0.2, 0.25) is 0 Å². The van der Waals surface area contributed by atoms with E-state index in [1.165, 1.54) is 24.3 Å². The van der Waals surface area contributed by atoms with Gasteiger partial charge in [-0.3, -0.25) is 4.79 Å².